The summed E-state index contributed by atoms with van der Waals surface area (Å²) in [5, 5.41) is 4.20. The molecule has 1 aromatic rings. The van der Waals surface area contributed by atoms with E-state index in [1.165, 1.54) is 0 Å². The first-order chi connectivity index (χ1) is 8.22. The van der Waals surface area contributed by atoms with Crippen molar-refractivity contribution in [2.24, 2.45) is 5.73 Å². The zero-order valence-electron chi connectivity index (χ0n) is 10.4. The van der Waals surface area contributed by atoms with Crippen LogP contribution in [0.25, 0.3) is 0 Å². The van der Waals surface area contributed by atoms with E-state index < -0.39 is 0 Å². The predicted molar refractivity (Wildman–Crippen MR) is 65.3 cm³/mol. The minimum absolute atomic E-state index is 0.159. The van der Waals surface area contributed by atoms with Crippen molar-refractivity contribution in [3.63, 3.8) is 0 Å². The maximum Gasteiger partial charge on any atom is 0.214 e. The second kappa shape index (κ2) is 5.60. The molecule has 1 aliphatic rings. The molecule has 0 radical (unpaired) electrons. The van der Waals surface area contributed by atoms with Gasteiger partial charge < -0.3 is 10.6 Å². The van der Waals surface area contributed by atoms with E-state index in [0.717, 1.165) is 32.4 Å². The largest absolute Gasteiger partial charge is 0.330 e. The highest BCUT2D eigenvalue weighted by atomic mass is 19.1. The van der Waals surface area contributed by atoms with Gasteiger partial charge in [-0.2, -0.15) is 9.49 Å². The third-order valence-electron chi connectivity index (χ3n) is 3.49. The van der Waals surface area contributed by atoms with Crippen LogP contribution in [0.3, 0.4) is 0 Å². The molecule has 0 saturated carbocycles. The van der Waals surface area contributed by atoms with Gasteiger partial charge in [-0.3, -0.25) is 0 Å². The van der Waals surface area contributed by atoms with Crippen molar-refractivity contribution < 1.29 is 4.39 Å². The monoisotopic (exact) mass is 240 g/mol. The van der Waals surface area contributed by atoms with Gasteiger partial charge in [-0.25, -0.2) is 4.68 Å². The van der Waals surface area contributed by atoms with Crippen LogP contribution in [-0.2, 0) is 6.42 Å². The molecule has 0 spiro atoms. The number of aromatic nitrogens is 2. The summed E-state index contributed by atoms with van der Waals surface area (Å²) in [6.45, 7) is 2.63. The third-order valence-corrected chi connectivity index (χ3v) is 3.49. The van der Waals surface area contributed by atoms with E-state index in [4.69, 9.17) is 5.73 Å². The van der Waals surface area contributed by atoms with Crippen LogP contribution in [0, 0.1) is 5.95 Å². The first-order valence-corrected chi connectivity index (χ1v) is 6.33. The molecule has 1 saturated heterocycles. The fourth-order valence-electron chi connectivity index (χ4n) is 2.34. The van der Waals surface area contributed by atoms with Crippen LogP contribution >= 0.6 is 0 Å². The molecule has 1 aromatic heterocycles. The van der Waals surface area contributed by atoms with Gasteiger partial charge in [0.1, 0.15) is 0 Å². The van der Waals surface area contributed by atoms with E-state index in [1.807, 2.05) is 0 Å². The SMILES string of the molecule is CN1CCC(n2ncc(CCCN)c2F)CC1. The average molecular weight is 240 g/mol. The second-order valence-corrected chi connectivity index (χ2v) is 4.83. The van der Waals surface area contributed by atoms with E-state index in [1.54, 1.807) is 10.9 Å². The van der Waals surface area contributed by atoms with Crippen molar-refractivity contribution in [2.75, 3.05) is 26.7 Å². The molecule has 96 valence electrons. The number of nitrogens with two attached hydrogens (primary N) is 1. The first kappa shape index (κ1) is 12.5. The maximum atomic E-state index is 14.1. The average Bonchev–Trinajstić information content (AvgIpc) is 2.69. The Morgan fingerprint density at radius 1 is 1.47 bits per heavy atom. The maximum absolute atomic E-state index is 14.1. The van der Waals surface area contributed by atoms with E-state index in [9.17, 15) is 4.39 Å². The summed E-state index contributed by atoms with van der Waals surface area (Å²) in [5.41, 5.74) is 6.14. The number of aryl methyl sites for hydroxylation is 1. The number of likely N-dealkylation sites (tertiary alicyclic amines) is 1. The lowest BCUT2D eigenvalue weighted by atomic mass is 10.1. The fraction of sp³-hybridized carbons (Fsp3) is 0.750. The summed E-state index contributed by atoms with van der Waals surface area (Å²) in [4.78, 5) is 2.27. The molecule has 0 atom stereocenters. The Morgan fingerprint density at radius 3 is 2.82 bits per heavy atom. The number of piperidine rings is 1. The Labute approximate surface area is 102 Å². The Bertz CT molecular complexity index is 355. The summed E-state index contributed by atoms with van der Waals surface area (Å²) in [6.07, 6.45) is 5.12. The van der Waals surface area contributed by atoms with Crippen LogP contribution in [-0.4, -0.2) is 41.4 Å². The van der Waals surface area contributed by atoms with Crippen molar-refractivity contribution in [2.45, 2.75) is 31.7 Å². The van der Waals surface area contributed by atoms with Gasteiger partial charge in [0, 0.05) is 5.56 Å². The molecule has 0 unspecified atom stereocenters. The normalized spacial score (nSPS) is 18.8. The Morgan fingerprint density at radius 2 is 2.18 bits per heavy atom. The van der Waals surface area contributed by atoms with Gasteiger partial charge in [-0.05, 0) is 52.4 Å². The van der Waals surface area contributed by atoms with E-state index in [-0.39, 0.29) is 12.0 Å². The van der Waals surface area contributed by atoms with Crippen LogP contribution in [0.2, 0.25) is 0 Å². The number of rotatable bonds is 4. The minimum Gasteiger partial charge on any atom is -0.330 e. The van der Waals surface area contributed by atoms with Crippen molar-refractivity contribution in [1.29, 1.82) is 0 Å². The fourth-order valence-corrected chi connectivity index (χ4v) is 2.34. The van der Waals surface area contributed by atoms with Crippen LogP contribution < -0.4 is 5.73 Å². The standard InChI is InChI=1S/C12H21FN4/c1-16-7-4-11(5-8-16)17-12(13)10(9-15-17)3-2-6-14/h9,11H,2-8,14H2,1H3. The zero-order chi connectivity index (χ0) is 12.3. The summed E-state index contributed by atoms with van der Waals surface area (Å²) in [5.74, 6) is -0.159. The van der Waals surface area contributed by atoms with Crippen molar-refractivity contribution in [1.82, 2.24) is 14.7 Å². The first-order valence-electron chi connectivity index (χ1n) is 6.33. The van der Waals surface area contributed by atoms with E-state index in [0.29, 0.717) is 18.5 Å². The van der Waals surface area contributed by atoms with Crippen LogP contribution in [0.1, 0.15) is 30.9 Å². The van der Waals surface area contributed by atoms with Gasteiger partial charge in [0.2, 0.25) is 5.95 Å². The molecular weight excluding hydrogens is 219 g/mol. The lowest BCUT2D eigenvalue weighted by molar-refractivity contribution is 0.200. The highest BCUT2D eigenvalue weighted by Crippen LogP contribution is 2.23. The lowest BCUT2D eigenvalue weighted by Crippen LogP contribution is -2.32. The van der Waals surface area contributed by atoms with Crippen LogP contribution in [0.5, 0.6) is 0 Å². The summed E-state index contributed by atoms with van der Waals surface area (Å²) in [6, 6.07) is 0.220. The van der Waals surface area contributed by atoms with Crippen molar-refractivity contribution >= 4 is 0 Å². The number of hydrogen-bond acceptors (Lipinski definition) is 3. The molecule has 2 N–H and O–H groups in total. The highest BCUT2D eigenvalue weighted by Gasteiger charge is 2.22. The summed E-state index contributed by atoms with van der Waals surface area (Å²) < 4.78 is 15.7. The molecule has 5 heteroatoms. The number of hydrogen-bond donors (Lipinski definition) is 1. The quantitative estimate of drug-likeness (QED) is 0.859. The Kier molecular flexibility index (Phi) is 4.12. The molecule has 0 aromatic carbocycles. The van der Waals surface area contributed by atoms with Gasteiger partial charge in [-0.1, -0.05) is 0 Å². The Balaban J connectivity index is 2.03. The van der Waals surface area contributed by atoms with Gasteiger partial charge in [-0.15, -0.1) is 0 Å². The molecule has 4 nitrogen and oxygen atoms in total. The molecule has 17 heavy (non-hydrogen) atoms. The van der Waals surface area contributed by atoms with Crippen molar-refractivity contribution in [3.05, 3.63) is 17.7 Å². The highest BCUT2D eigenvalue weighted by molar-refractivity contribution is 5.08. The predicted octanol–water partition coefficient (Wildman–Crippen LogP) is 1.18. The van der Waals surface area contributed by atoms with E-state index in [2.05, 4.69) is 17.0 Å². The zero-order valence-corrected chi connectivity index (χ0v) is 10.4. The molecule has 2 heterocycles. The smallest absolute Gasteiger partial charge is 0.214 e. The summed E-state index contributed by atoms with van der Waals surface area (Å²) >= 11 is 0. The van der Waals surface area contributed by atoms with Crippen LogP contribution in [0.15, 0.2) is 6.20 Å². The van der Waals surface area contributed by atoms with Crippen molar-refractivity contribution in [3.8, 4) is 0 Å². The topological polar surface area (TPSA) is 47.1 Å². The van der Waals surface area contributed by atoms with Crippen LogP contribution in [0.4, 0.5) is 4.39 Å². The Hall–Kier alpha value is -0.940. The molecule has 1 fully saturated rings. The van der Waals surface area contributed by atoms with Gasteiger partial charge in [0.05, 0.1) is 12.2 Å². The molecule has 0 amide bonds. The number of nitrogens with zero attached hydrogens (tertiary/aromatic N) is 3. The third kappa shape index (κ3) is 2.84. The van der Waals surface area contributed by atoms with Gasteiger partial charge in [0.15, 0.2) is 0 Å². The minimum atomic E-state index is -0.159. The van der Waals surface area contributed by atoms with E-state index >= 15 is 0 Å². The molecule has 2 rings (SSSR count). The summed E-state index contributed by atoms with van der Waals surface area (Å²) in [7, 11) is 2.10. The van der Waals surface area contributed by atoms with Gasteiger partial charge >= 0.3 is 0 Å². The van der Waals surface area contributed by atoms with Gasteiger partial charge in [0.25, 0.3) is 0 Å². The number of halogens is 1. The second-order valence-electron chi connectivity index (χ2n) is 4.83. The molecule has 1 aliphatic heterocycles. The lowest BCUT2D eigenvalue weighted by Gasteiger charge is -2.29. The molecular formula is C12H21FN4. The molecule has 0 aliphatic carbocycles. The molecule has 0 bridgehead atoms.